The lowest BCUT2D eigenvalue weighted by molar-refractivity contribution is -0.142. The van der Waals surface area contributed by atoms with E-state index >= 15 is 0 Å². The van der Waals surface area contributed by atoms with E-state index in [0.717, 1.165) is 0 Å². The summed E-state index contributed by atoms with van der Waals surface area (Å²) in [6.07, 6.45) is 3.96. The summed E-state index contributed by atoms with van der Waals surface area (Å²) in [6, 6.07) is 9.46. The molecule has 1 aliphatic carbocycles. The molecular weight excluding hydrogens is 323 g/mol. The van der Waals surface area contributed by atoms with Crippen LogP contribution in [-0.2, 0) is 4.79 Å². The van der Waals surface area contributed by atoms with Gasteiger partial charge in [0.05, 0.1) is 17.2 Å². The normalized spacial score (nSPS) is 20.0. The third kappa shape index (κ3) is 4.21. The molecule has 0 unspecified atom stereocenters. The molecule has 0 atom stereocenters. The number of amides is 1. The highest BCUT2D eigenvalue weighted by Gasteiger charge is 2.26. The fraction of sp³-hybridized carbons (Fsp3) is 0.316. The lowest BCUT2D eigenvalue weighted by atomic mass is 9.86. The Balaban J connectivity index is 1.61. The number of benzene rings is 1. The molecule has 0 spiro atoms. The van der Waals surface area contributed by atoms with E-state index in [1.807, 2.05) is 0 Å². The first kappa shape index (κ1) is 17.1. The molecule has 0 bridgehead atoms. The zero-order chi connectivity index (χ0) is 17.8. The maximum absolute atomic E-state index is 13.3. The number of halogens is 1. The van der Waals surface area contributed by atoms with Crippen molar-refractivity contribution in [2.75, 3.05) is 0 Å². The van der Waals surface area contributed by atoms with E-state index in [2.05, 4.69) is 10.3 Å². The summed E-state index contributed by atoms with van der Waals surface area (Å²) in [7, 11) is 0. The van der Waals surface area contributed by atoms with Gasteiger partial charge in [-0.25, -0.2) is 4.39 Å². The number of carbonyl (C=O) groups is 2. The monoisotopic (exact) mass is 342 g/mol. The average Bonchev–Trinajstić information content (AvgIpc) is 2.62. The van der Waals surface area contributed by atoms with Crippen LogP contribution in [0.3, 0.4) is 0 Å². The molecule has 0 radical (unpaired) electrons. The third-order valence-corrected chi connectivity index (χ3v) is 4.56. The molecule has 1 saturated carbocycles. The minimum atomic E-state index is -0.762. The second-order valence-corrected chi connectivity index (χ2v) is 6.30. The highest BCUT2D eigenvalue weighted by molar-refractivity contribution is 5.94. The summed E-state index contributed by atoms with van der Waals surface area (Å²) in [5.74, 6) is -1.63. The van der Waals surface area contributed by atoms with Gasteiger partial charge in [0, 0.05) is 17.8 Å². The Morgan fingerprint density at radius 1 is 1.12 bits per heavy atom. The molecule has 0 saturated heterocycles. The molecule has 2 N–H and O–H groups in total. The molecular formula is C19H19FN2O3. The quantitative estimate of drug-likeness (QED) is 0.894. The predicted octanol–water partition coefficient (Wildman–Crippen LogP) is 3.26. The molecule has 0 aliphatic heterocycles. The summed E-state index contributed by atoms with van der Waals surface area (Å²) < 4.78 is 13.3. The first-order chi connectivity index (χ1) is 12.0. The molecule has 25 heavy (non-hydrogen) atoms. The summed E-state index contributed by atoms with van der Waals surface area (Å²) >= 11 is 0. The average molecular weight is 342 g/mol. The number of carboxylic acid groups (broad SMARTS) is 1. The van der Waals surface area contributed by atoms with Gasteiger partial charge in [0.2, 0.25) is 0 Å². The molecule has 2 aromatic rings. The number of hydrogen-bond acceptors (Lipinski definition) is 3. The second kappa shape index (κ2) is 7.42. The molecule has 1 aromatic heterocycles. The highest BCUT2D eigenvalue weighted by Crippen LogP contribution is 2.25. The maximum atomic E-state index is 13.3. The molecule has 5 nitrogen and oxygen atoms in total. The summed E-state index contributed by atoms with van der Waals surface area (Å²) in [6.45, 7) is 0. The molecule has 1 fully saturated rings. The Hall–Kier alpha value is -2.76. The van der Waals surface area contributed by atoms with E-state index in [1.165, 1.54) is 18.3 Å². The number of hydrogen-bond donors (Lipinski definition) is 2. The van der Waals surface area contributed by atoms with Crippen molar-refractivity contribution in [3.8, 4) is 11.3 Å². The van der Waals surface area contributed by atoms with E-state index in [1.54, 1.807) is 24.3 Å². The lowest BCUT2D eigenvalue weighted by Gasteiger charge is -2.26. The van der Waals surface area contributed by atoms with Crippen LogP contribution in [0, 0.1) is 11.7 Å². The van der Waals surface area contributed by atoms with Crippen LogP contribution in [0.2, 0.25) is 0 Å². The van der Waals surface area contributed by atoms with Crippen molar-refractivity contribution in [2.24, 2.45) is 5.92 Å². The Kier molecular flexibility index (Phi) is 5.07. The zero-order valence-corrected chi connectivity index (χ0v) is 13.6. The third-order valence-electron chi connectivity index (χ3n) is 4.56. The maximum Gasteiger partial charge on any atom is 0.306 e. The Morgan fingerprint density at radius 3 is 2.48 bits per heavy atom. The van der Waals surface area contributed by atoms with Crippen LogP contribution >= 0.6 is 0 Å². The van der Waals surface area contributed by atoms with E-state index in [4.69, 9.17) is 5.11 Å². The van der Waals surface area contributed by atoms with E-state index in [-0.39, 0.29) is 23.7 Å². The minimum absolute atomic E-state index is 0.00834. The fourth-order valence-corrected chi connectivity index (χ4v) is 3.10. The second-order valence-electron chi connectivity index (χ2n) is 6.30. The Morgan fingerprint density at radius 2 is 1.88 bits per heavy atom. The van der Waals surface area contributed by atoms with Crippen LogP contribution in [-0.4, -0.2) is 28.0 Å². The van der Waals surface area contributed by atoms with Crippen LogP contribution in [0.25, 0.3) is 11.3 Å². The van der Waals surface area contributed by atoms with Gasteiger partial charge in [-0.3, -0.25) is 14.6 Å². The van der Waals surface area contributed by atoms with Crippen LogP contribution in [0.15, 0.2) is 42.6 Å². The molecule has 1 heterocycles. The summed E-state index contributed by atoms with van der Waals surface area (Å²) in [4.78, 5) is 27.5. The number of aromatic nitrogens is 1. The number of rotatable bonds is 4. The number of nitrogens with zero attached hydrogens (tertiary/aromatic N) is 1. The van der Waals surface area contributed by atoms with Crippen LogP contribution in [0.4, 0.5) is 4.39 Å². The minimum Gasteiger partial charge on any atom is -0.481 e. The Labute approximate surface area is 144 Å². The van der Waals surface area contributed by atoms with Gasteiger partial charge in [0.15, 0.2) is 0 Å². The largest absolute Gasteiger partial charge is 0.481 e. The van der Waals surface area contributed by atoms with Crippen LogP contribution in [0.1, 0.15) is 36.0 Å². The lowest BCUT2D eigenvalue weighted by Crippen LogP contribution is -2.38. The first-order valence-corrected chi connectivity index (χ1v) is 8.28. The SMILES string of the molecule is O=C(N[C@H]1CC[C@H](C(=O)O)CC1)c1ccc(-c2cccc(F)c2)nc1. The molecule has 1 aromatic carbocycles. The molecule has 130 valence electrons. The highest BCUT2D eigenvalue weighted by atomic mass is 19.1. The number of aliphatic carboxylic acids is 1. The molecule has 1 aliphatic rings. The zero-order valence-electron chi connectivity index (χ0n) is 13.6. The van der Waals surface area contributed by atoms with Crippen molar-refractivity contribution in [1.29, 1.82) is 0 Å². The summed E-state index contributed by atoms with van der Waals surface area (Å²) in [5, 5.41) is 11.9. The first-order valence-electron chi connectivity index (χ1n) is 8.28. The van der Waals surface area contributed by atoms with Gasteiger partial charge in [0.25, 0.3) is 5.91 Å². The van der Waals surface area contributed by atoms with Gasteiger partial charge in [-0.05, 0) is 49.9 Å². The van der Waals surface area contributed by atoms with Crippen LogP contribution < -0.4 is 5.32 Å². The van der Waals surface area contributed by atoms with E-state index in [0.29, 0.717) is 42.5 Å². The number of carboxylic acids is 1. The van der Waals surface area contributed by atoms with Crippen molar-refractivity contribution in [2.45, 2.75) is 31.7 Å². The molecule has 1 amide bonds. The number of carbonyl (C=O) groups excluding carboxylic acids is 1. The van der Waals surface area contributed by atoms with Gasteiger partial charge in [0.1, 0.15) is 5.82 Å². The van der Waals surface area contributed by atoms with Gasteiger partial charge >= 0.3 is 5.97 Å². The van der Waals surface area contributed by atoms with E-state index in [9.17, 15) is 14.0 Å². The number of nitrogens with one attached hydrogen (secondary N) is 1. The van der Waals surface area contributed by atoms with Crippen molar-refractivity contribution in [3.05, 3.63) is 54.0 Å². The van der Waals surface area contributed by atoms with Crippen molar-refractivity contribution >= 4 is 11.9 Å². The Bertz CT molecular complexity index is 768. The number of pyridine rings is 1. The topological polar surface area (TPSA) is 79.3 Å². The van der Waals surface area contributed by atoms with Crippen molar-refractivity contribution in [3.63, 3.8) is 0 Å². The van der Waals surface area contributed by atoms with E-state index < -0.39 is 5.97 Å². The van der Waals surface area contributed by atoms with Gasteiger partial charge in [-0.1, -0.05) is 12.1 Å². The van der Waals surface area contributed by atoms with Gasteiger partial charge < -0.3 is 10.4 Å². The van der Waals surface area contributed by atoms with Gasteiger partial charge in [-0.2, -0.15) is 0 Å². The summed E-state index contributed by atoms with van der Waals surface area (Å²) in [5.41, 5.74) is 1.68. The van der Waals surface area contributed by atoms with Gasteiger partial charge in [-0.15, -0.1) is 0 Å². The molecule has 3 rings (SSSR count). The van der Waals surface area contributed by atoms with Crippen LogP contribution in [0.5, 0.6) is 0 Å². The van der Waals surface area contributed by atoms with Crippen molar-refractivity contribution in [1.82, 2.24) is 10.3 Å². The fourth-order valence-electron chi connectivity index (χ4n) is 3.10. The van der Waals surface area contributed by atoms with Crippen molar-refractivity contribution < 1.29 is 19.1 Å². The predicted molar refractivity (Wildman–Crippen MR) is 90.5 cm³/mol. The smallest absolute Gasteiger partial charge is 0.306 e. The molecule has 6 heteroatoms. The standard InChI is InChI=1S/C19H19FN2O3/c20-15-3-1-2-13(10-15)17-9-6-14(11-21-17)18(23)22-16-7-4-12(5-8-16)19(24)25/h1-3,6,9-12,16H,4-5,7-8H2,(H,22,23)(H,24,25)/t12-,16-.